The first-order valence-electron chi connectivity index (χ1n) is 13.6. The number of nitrogens with one attached hydrogen (secondary N) is 4. The van der Waals surface area contributed by atoms with E-state index in [-0.39, 0.29) is 0 Å². The van der Waals surface area contributed by atoms with Crippen LogP contribution in [0.15, 0.2) is 184 Å². The van der Waals surface area contributed by atoms with E-state index in [1.165, 1.54) is 50.0 Å². The first kappa shape index (κ1) is 40.6. The largest absolute Gasteiger partial charge is 0.309 e. The predicted molar refractivity (Wildman–Crippen MR) is 185 cm³/mol. The third kappa shape index (κ3) is 38.6. The lowest BCUT2D eigenvalue weighted by molar-refractivity contribution is 0.664. The van der Waals surface area contributed by atoms with E-state index in [9.17, 15) is 0 Å². The molecule has 0 atom stereocenters. The summed E-state index contributed by atoms with van der Waals surface area (Å²) < 4.78 is 0. The summed E-state index contributed by atoms with van der Waals surface area (Å²) in [5.41, 5.74) is 5.17. The van der Waals surface area contributed by atoms with Crippen LogP contribution in [0.5, 0.6) is 0 Å². The van der Waals surface area contributed by atoms with E-state index in [2.05, 4.69) is 71.1 Å². The number of pyridine rings is 1. The Morgan fingerprint density at radius 1 is 0.396 bits per heavy atom. The summed E-state index contributed by atoms with van der Waals surface area (Å²) in [6.07, 6.45) is 34.2. The maximum Gasteiger partial charge on any atom is 0.138 e. The molecule has 244 valence electrons. The van der Waals surface area contributed by atoms with Crippen molar-refractivity contribution in [3.63, 3.8) is 0 Å². The van der Waals surface area contributed by atoms with Gasteiger partial charge in [0.1, 0.15) is 31.6 Å². The Bertz CT molecular complexity index is 1060. The minimum absolute atomic E-state index is 1.13. The molecular formula is C32H36N16. The van der Waals surface area contributed by atoms with Crippen LogP contribution in [0.1, 0.15) is 0 Å². The predicted octanol–water partition coefficient (Wildman–Crippen LogP) is 3.90. The molecule has 0 spiro atoms. The van der Waals surface area contributed by atoms with Crippen molar-refractivity contribution in [1.29, 1.82) is 10.8 Å². The Morgan fingerprint density at radius 2 is 0.833 bits per heavy atom. The fraction of sp³-hybridized carbons (Fsp3) is 0. The molecule has 6 heterocycles. The fourth-order valence-electron chi connectivity index (χ4n) is 1.97. The molecule has 7 rings (SSSR count). The second-order valence-electron chi connectivity index (χ2n) is 7.18. The molecule has 1 aliphatic heterocycles. The third-order valence-corrected chi connectivity index (χ3v) is 3.77. The van der Waals surface area contributed by atoms with Gasteiger partial charge in [-0.1, -0.05) is 42.5 Å². The number of hydrazone groups is 1. The Morgan fingerprint density at radius 3 is 1.00 bits per heavy atom. The van der Waals surface area contributed by atoms with Gasteiger partial charge in [0.05, 0.1) is 12.4 Å². The van der Waals surface area contributed by atoms with Crippen molar-refractivity contribution in [3.05, 3.63) is 179 Å². The van der Waals surface area contributed by atoms with Crippen molar-refractivity contribution >= 4 is 18.6 Å². The van der Waals surface area contributed by atoms with Crippen molar-refractivity contribution in [1.82, 2.24) is 66.0 Å². The number of aromatic nitrogens is 11. The van der Waals surface area contributed by atoms with Gasteiger partial charge < -0.3 is 10.8 Å². The zero-order chi connectivity index (χ0) is 34.5. The molecule has 0 bridgehead atoms. The van der Waals surface area contributed by atoms with E-state index in [1.54, 1.807) is 80.3 Å². The smallest absolute Gasteiger partial charge is 0.138 e. The number of hydrazine groups is 1. The van der Waals surface area contributed by atoms with Gasteiger partial charge in [0, 0.05) is 74.4 Å². The average molecular weight is 645 g/mol. The van der Waals surface area contributed by atoms with Crippen LogP contribution in [0, 0.1) is 10.8 Å². The van der Waals surface area contributed by atoms with E-state index in [0.29, 0.717) is 0 Å². The molecule has 0 amide bonds. The van der Waals surface area contributed by atoms with Crippen molar-refractivity contribution < 1.29 is 0 Å². The van der Waals surface area contributed by atoms with Crippen LogP contribution in [-0.4, -0.2) is 73.7 Å². The summed E-state index contributed by atoms with van der Waals surface area (Å²) in [6, 6.07) is 19.5. The number of rotatable bonds is 2. The monoisotopic (exact) mass is 644 g/mol. The zero-order valence-electron chi connectivity index (χ0n) is 25.8. The van der Waals surface area contributed by atoms with Crippen LogP contribution >= 0.6 is 0 Å². The molecule has 0 saturated carbocycles. The molecule has 6 aromatic rings. The highest BCUT2D eigenvalue weighted by molar-refractivity contribution is 5.78. The van der Waals surface area contributed by atoms with Crippen molar-refractivity contribution in [3.8, 4) is 0 Å². The summed E-state index contributed by atoms with van der Waals surface area (Å²) in [4.78, 5) is 32.9. The van der Waals surface area contributed by atoms with Gasteiger partial charge in [0.2, 0.25) is 0 Å². The highest BCUT2D eigenvalue weighted by Crippen LogP contribution is 1.80. The SMILES string of the molecule is C1=CNNN=C1.N=C/C=C\C=N.c1ccccc1.c1ccncc1.c1cnccn1.c1cncnc1.c1cnncn1.c1ncncn1. The minimum Gasteiger partial charge on any atom is -0.309 e. The quantitative estimate of drug-likeness (QED) is 0.196. The molecular weight excluding hydrogens is 608 g/mol. The molecule has 0 unspecified atom stereocenters. The number of allylic oxidation sites excluding steroid dienone is 3. The van der Waals surface area contributed by atoms with Crippen LogP contribution in [0.2, 0.25) is 0 Å². The Labute approximate surface area is 279 Å². The van der Waals surface area contributed by atoms with E-state index >= 15 is 0 Å². The number of hydrogen-bond acceptors (Lipinski definition) is 16. The molecule has 1 aromatic carbocycles. The molecule has 0 radical (unpaired) electrons. The molecule has 16 nitrogen and oxygen atoms in total. The van der Waals surface area contributed by atoms with Gasteiger partial charge in [-0.05, 0) is 36.4 Å². The minimum atomic E-state index is 1.13. The van der Waals surface area contributed by atoms with Crippen molar-refractivity contribution in [2.24, 2.45) is 5.10 Å². The highest BCUT2D eigenvalue weighted by atomic mass is 15.5. The first-order valence-corrected chi connectivity index (χ1v) is 13.6. The van der Waals surface area contributed by atoms with Gasteiger partial charge in [0.15, 0.2) is 0 Å². The van der Waals surface area contributed by atoms with Crippen LogP contribution < -0.4 is 11.0 Å². The summed E-state index contributed by atoms with van der Waals surface area (Å²) >= 11 is 0. The first-order chi connectivity index (χ1) is 23.9. The topological polar surface area (TPSA) is 226 Å². The number of benzene rings is 1. The Hall–Kier alpha value is -7.36. The lowest BCUT2D eigenvalue weighted by Gasteiger charge is -1.97. The standard InChI is InChI=1S/C6H6.C5H5N.2C4H4N2.C4H6N2.2C3H3N3.C3H5N3/c2*1-2-4-6-5-3-1;1-2-6-4-3-5-1;1-2-5-4-6-3-1;5-3-1-2-4-6;1-4-2-6-3-5-1;1-2-5-6-3-4-1;1-2-4-6-5-3-1/h1-6H;1-5H;2*1-4H;1-6H;2*1-3H;1-4,6H/b;;;;2-1-,5-3?,6-4?;;;. The molecule has 4 N–H and O–H groups in total. The van der Waals surface area contributed by atoms with Gasteiger partial charge in [-0.3, -0.25) is 20.4 Å². The molecule has 16 heteroatoms. The molecule has 48 heavy (non-hydrogen) atoms. The molecule has 5 aromatic heterocycles. The zero-order valence-corrected chi connectivity index (χ0v) is 25.8. The Balaban J connectivity index is 0.000000526. The summed E-state index contributed by atoms with van der Waals surface area (Å²) in [5, 5.41) is 23.3. The van der Waals surface area contributed by atoms with Gasteiger partial charge in [-0.25, -0.2) is 35.4 Å². The van der Waals surface area contributed by atoms with E-state index in [4.69, 9.17) is 10.8 Å². The second kappa shape index (κ2) is 39.6. The van der Waals surface area contributed by atoms with Crippen molar-refractivity contribution in [2.75, 3.05) is 0 Å². The lowest BCUT2D eigenvalue weighted by atomic mass is 10.4. The van der Waals surface area contributed by atoms with E-state index in [0.717, 1.165) is 12.4 Å². The van der Waals surface area contributed by atoms with Crippen LogP contribution in [0.25, 0.3) is 0 Å². The summed E-state index contributed by atoms with van der Waals surface area (Å²) in [6.45, 7) is 0. The molecule has 0 fully saturated rings. The number of nitrogens with zero attached hydrogens (tertiary/aromatic N) is 12. The van der Waals surface area contributed by atoms with Gasteiger partial charge in [-0.15, -0.1) is 5.10 Å². The normalized spacial score (nSPS) is 9.08. The van der Waals surface area contributed by atoms with Crippen LogP contribution in [0.4, 0.5) is 0 Å². The fourth-order valence-corrected chi connectivity index (χ4v) is 1.97. The maximum atomic E-state index is 6.39. The highest BCUT2D eigenvalue weighted by Gasteiger charge is 1.71. The number of hydrogen-bond donors (Lipinski definition) is 4. The average Bonchev–Trinajstić information content (AvgIpc) is 3.23. The van der Waals surface area contributed by atoms with Crippen LogP contribution in [0.3, 0.4) is 0 Å². The van der Waals surface area contributed by atoms with Crippen molar-refractivity contribution in [2.45, 2.75) is 0 Å². The van der Waals surface area contributed by atoms with E-state index < -0.39 is 0 Å². The van der Waals surface area contributed by atoms with Gasteiger partial charge >= 0.3 is 0 Å². The second-order valence-corrected chi connectivity index (χ2v) is 7.18. The molecule has 0 saturated heterocycles. The Kier molecular flexibility index (Phi) is 33.6. The third-order valence-electron chi connectivity index (χ3n) is 3.77. The molecule has 0 aliphatic carbocycles. The summed E-state index contributed by atoms with van der Waals surface area (Å²) in [5.74, 6) is 0. The van der Waals surface area contributed by atoms with Gasteiger partial charge in [0.25, 0.3) is 0 Å². The maximum absolute atomic E-state index is 6.39. The summed E-state index contributed by atoms with van der Waals surface area (Å²) in [7, 11) is 0. The van der Waals surface area contributed by atoms with Gasteiger partial charge in [-0.2, -0.15) is 10.2 Å². The van der Waals surface area contributed by atoms with Crippen LogP contribution in [-0.2, 0) is 0 Å². The lowest BCUT2D eigenvalue weighted by Crippen LogP contribution is -2.22. The molecule has 1 aliphatic rings. The van der Waals surface area contributed by atoms with E-state index in [1.807, 2.05) is 54.6 Å².